The number of anilines is 1. The van der Waals surface area contributed by atoms with Crippen LogP contribution in [0.2, 0.25) is 5.02 Å². The summed E-state index contributed by atoms with van der Waals surface area (Å²) in [4.78, 5) is 15.4. The van der Waals surface area contributed by atoms with Gasteiger partial charge in [0.15, 0.2) is 0 Å². The summed E-state index contributed by atoms with van der Waals surface area (Å²) >= 11 is 8.10. The molecule has 1 spiro atoms. The van der Waals surface area contributed by atoms with Gasteiger partial charge in [-0.05, 0) is 126 Å². The van der Waals surface area contributed by atoms with Gasteiger partial charge in [0.1, 0.15) is 16.7 Å². The first-order chi connectivity index (χ1) is 21.5. The van der Waals surface area contributed by atoms with Gasteiger partial charge in [-0.2, -0.15) is 0 Å². The van der Waals surface area contributed by atoms with Gasteiger partial charge in [-0.3, -0.25) is 13.8 Å². The number of carbonyl (C=O) groups is 1. The SMILES string of the molecule is CC/C=C/C(O)C1CCC1CN1C[C@@]2(CCCc3cc(Cl)ccc32)COc2ccc(C(=O)NS(=O)C(C)C)cc21.CSN(C)C. The fourth-order valence-corrected chi connectivity index (χ4v) is 7.23. The Morgan fingerprint density at radius 2 is 2.02 bits per heavy atom. The van der Waals surface area contributed by atoms with E-state index >= 15 is 0 Å². The van der Waals surface area contributed by atoms with Crippen LogP contribution in [0.4, 0.5) is 5.69 Å². The predicted molar refractivity (Wildman–Crippen MR) is 190 cm³/mol. The van der Waals surface area contributed by atoms with Gasteiger partial charge in [-0.1, -0.05) is 48.7 Å². The third-order valence-electron chi connectivity index (χ3n) is 9.22. The number of aryl methyl sites for hydroxylation is 1. The normalized spacial score (nSPS) is 23.7. The first kappa shape index (κ1) is 35.8. The molecule has 2 N–H and O–H groups in total. The molecule has 45 heavy (non-hydrogen) atoms. The lowest BCUT2D eigenvalue weighted by Gasteiger charge is -2.45. The maximum atomic E-state index is 13.0. The summed E-state index contributed by atoms with van der Waals surface area (Å²) < 4.78 is 23.6. The van der Waals surface area contributed by atoms with Crippen LogP contribution < -0.4 is 14.4 Å². The quantitative estimate of drug-likeness (QED) is 0.224. The highest BCUT2D eigenvalue weighted by atomic mass is 35.5. The summed E-state index contributed by atoms with van der Waals surface area (Å²) in [6.07, 6.45) is 11.6. The van der Waals surface area contributed by atoms with Gasteiger partial charge in [0.2, 0.25) is 0 Å². The Kier molecular flexibility index (Phi) is 12.9. The number of fused-ring (bicyclic) bond motifs is 3. The smallest absolute Gasteiger partial charge is 0.263 e. The van der Waals surface area contributed by atoms with Crippen LogP contribution in [-0.2, 0) is 22.8 Å². The summed E-state index contributed by atoms with van der Waals surface area (Å²) in [5.41, 5.74) is 3.71. The van der Waals surface area contributed by atoms with E-state index in [-0.39, 0.29) is 22.5 Å². The Morgan fingerprint density at radius 3 is 2.67 bits per heavy atom. The van der Waals surface area contributed by atoms with Crippen molar-refractivity contribution in [1.29, 1.82) is 0 Å². The Balaban J connectivity index is 0.000000854. The summed E-state index contributed by atoms with van der Waals surface area (Å²) in [7, 11) is 2.58. The second-order valence-corrected chi connectivity index (χ2v) is 16.2. The molecule has 0 aromatic heterocycles. The van der Waals surface area contributed by atoms with Crippen LogP contribution in [0.5, 0.6) is 5.75 Å². The van der Waals surface area contributed by atoms with Crippen molar-refractivity contribution in [1.82, 2.24) is 9.03 Å². The van der Waals surface area contributed by atoms with Gasteiger partial charge in [0, 0.05) is 34.3 Å². The second-order valence-electron chi connectivity index (χ2n) is 12.9. The van der Waals surface area contributed by atoms with Crippen LogP contribution in [0.25, 0.3) is 0 Å². The Labute approximate surface area is 281 Å². The van der Waals surface area contributed by atoms with Crippen molar-refractivity contribution in [2.45, 2.75) is 76.1 Å². The maximum absolute atomic E-state index is 13.0. The third kappa shape index (κ3) is 8.86. The lowest BCUT2D eigenvalue weighted by Crippen LogP contribution is -2.49. The van der Waals surface area contributed by atoms with Crippen molar-refractivity contribution in [3.05, 3.63) is 70.3 Å². The summed E-state index contributed by atoms with van der Waals surface area (Å²) in [5.74, 6) is 0.942. The van der Waals surface area contributed by atoms with Gasteiger partial charge in [0.25, 0.3) is 5.91 Å². The van der Waals surface area contributed by atoms with Crippen molar-refractivity contribution in [3.8, 4) is 5.75 Å². The van der Waals surface area contributed by atoms with Crippen molar-refractivity contribution >= 4 is 46.1 Å². The number of allylic oxidation sites excluding steroid dienone is 1. The Hall–Kier alpha value is -2.04. The number of benzene rings is 2. The molecule has 1 fully saturated rings. The monoisotopic (exact) mass is 675 g/mol. The number of carbonyl (C=O) groups excluding carboxylic acids is 1. The zero-order chi connectivity index (χ0) is 32.7. The molecule has 4 unspecified atom stereocenters. The van der Waals surface area contributed by atoms with Crippen LogP contribution in [0.1, 0.15) is 74.4 Å². The number of amides is 1. The number of aliphatic hydroxyl groups excluding tert-OH is 1. The lowest BCUT2D eigenvalue weighted by atomic mass is 9.68. The molecule has 1 aliphatic heterocycles. The van der Waals surface area contributed by atoms with E-state index < -0.39 is 17.1 Å². The van der Waals surface area contributed by atoms with Gasteiger partial charge in [0.05, 0.1) is 18.4 Å². The average molecular weight is 676 g/mol. The Morgan fingerprint density at radius 1 is 1.27 bits per heavy atom. The topological polar surface area (TPSA) is 82.1 Å². The number of ether oxygens (including phenoxy) is 1. The van der Waals surface area contributed by atoms with E-state index in [0.29, 0.717) is 18.1 Å². The fourth-order valence-electron chi connectivity index (χ4n) is 6.50. The zero-order valence-corrected chi connectivity index (χ0v) is 29.9. The molecule has 3 aliphatic rings. The van der Waals surface area contributed by atoms with Gasteiger partial charge >= 0.3 is 0 Å². The van der Waals surface area contributed by atoms with Gasteiger partial charge in [-0.25, -0.2) is 4.21 Å². The van der Waals surface area contributed by atoms with Crippen molar-refractivity contribution < 1.29 is 18.8 Å². The molecule has 1 amide bonds. The van der Waals surface area contributed by atoms with E-state index in [1.54, 1.807) is 18.0 Å². The molecule has 1 saturated carbocycles. The molecule has 2 aliphatic carbocycles. The highest BCUT2D eigenvalue weighted by molar-refractivity contribution is 7.96. The highest BCUT2D eigenvalue weighted by Crippen LogP contribution is 2.46. The molecule has 1 heterocycles. The summed E-state index contributed by atoms with van der Waals surface area (Å²) in [5, 5.41) is 11.5. The number of rotatable bonds is 9. The highest BCUT2D eigenvalue weighted by Gasteiger charge is 2.44. The van der Waals surface area contributed by atoms with Gasteiger partial charge in [-0.15, -0.1) is 0 Å². The molecule has 248 valence electrons. The van der Waals surface area contributed by atoms with Crippen molar-refractivity contribution in [3.63, 3.8) is 0 Å². The third-order valence-corrected chi connectivity index (χ3v) is 11.4. The first-order valence-corrected chi connectivity index (χ1v) is 18.8. The maximum Gasteiger partial charge on any atom is 0.263 e. The van der Waals surface area contributed by atoms with E-state index in [9.17, 15) is 14.1 Å². The summed E-state index contributed by atoms with van der Waals surface area (Å²) in [6.45, 7) is 7.78. The number of nitrogens with one attached hydrogen (secondary N) is 1. The second kappa shape index (κ2) is 16.2. The van der Waals surface area contributed by atoms with Gasteiger partial charge < -0.3 is 14.7 Å². The number of hydrogen-bond acceptors (Lipinski definition) is 7. The standard InChI is InChI=1S/C32H41ClN2O4S.C3H9NS/c1-4-5-8-29(36)26-12-9-24(26)18-35-19-32(15-6-7-22-16-25(33)11-13-27(22)32)20-39-30-14-10-23(17-28(30)35)31(37)34-40(38)21(2)3;1-4(2)5-3/h5,8,10-11,13-14,16-17,21,24,26,29,36H,4,6-7,9,12,15,18-20H2,1-3H3,(H,34,37);1-3H3/b8-5+;/t24?,26?,29?,32-,40?;/m0./s1. The van der Waals surface area contributed by atoms with Crippen LogP contribution in [0, 0.1) is 11.8 Å². The number of halogens is 1. The minimum atomic E-state index is -1.46. The van der Waals surface area contributed by atoms with Crippen LogP contribution in [-0.4, -0.2) is 70.9 Å². The molecule has 2 aromatic rings. The van der Waals surface area contributed by atoms with Crippen LogP contribution in [0.3, 0.4) is 0 Å². The molecular weight excluding hydrogens is 626 g/mol. The molecule has 5 atom stereocenters. The number of aliphatic hydroxyl groups is 1. The molecule has 0 radical (unpaired) electrons. The van der Waals surface area contributed by atoms with E-state index in [2.05, 4.69) is 28.7 Å². The lowest BCUT2D eigenvalue weighted by molar-refractivity contribution is 0.0456. The number of nitrogens with zero attached hydrogens (tertiary/aromatic N) is 2. The van der Waals surface area contributed by atoms with Crippen molar-refractivity contribution in [2.24, 2.45) is 11.8 Å². The predicted octanol–water partition coefficient (Wildman–Crippen LogP) is 6.79. The molecule has 10 heteroatoms. The Bertz CT molecular complexity index is 1370. The first-order valence-electron chi connectivity index (χ1n) is 16.1. The number of hydrogen-bond donors (Lipinski definition) is 2. The molecule has 0 bridgehead atoms. The molecular formula is C35H50ClN3O4S2. The molecule has 0 saturated heterocycles. The van der Waals surface area contributed by atoms with E-state index in [1.165, 1.54) is 11.1 Å². The van der Waals surface area contributed by atoms with Crippen molar-refractivity contribution in [2.75, 3.05) is 44.9 Å². The molecule has 2 aromatic carbocycles. The minimum absolute atomic E-state index is 0.173. The fraction of sp³-hybridized carbons (Fsp3) is 0.571. The largest absolute Gasteiger partial charge is 0.490 e. The summed E-state index contributed by atoms with van der Waals surface area (Å²) in [6, 6.07) is 11.7. The molecule has 7 nitrogen and oxygen atoms in total. The van der Waals surface area contributed by atoms with E-state index in [1.807, 2.05) is 68.9 Å². The average Bonchev–Trinajstić information content (AvgIpc) is 3.15. The molecule has 5 rings (SSSR count). The van der Waals surface area contributed by atoms with E-state index in [4.69, 9.17) is 16.3 Å². The van der Waals surface area contributed by atoms with Crippen LogP contribution in [0.15, 0.2) is 48.6 Å². The minimum Gasteiger partial charge on any atom is -0.490 e. The van der Waals surface area contributed by atoms with E-state index in [0.717, 1.165) is 68.1 Å². The zero-order valence-electron chi connectivity index (χ0n) is 27.6. The van der Waals surface area contributed by atoms with Crippen LogP contribution >= 0.6 is 23.5 Å².